The van der Waals surface area contributed by atoms with Crippen molar-refractivity contribution in [1.29, 1.82) is 0 Å². The van der Waals surface area contributed by atoms with Crippen LogP contribution in [-0.2, 0) is 24.9 Å². The predicted octanol–water partition coefficient (Wildman–Crippen LogP) is 1.44. The average molecular weight is 325 g/mol. The van der Waals surface area contributed by atoms with Crippen LogP contribution in [0.4, 0.5) is 0 Å². The standard InChI is InChI=1S/C18H23N5O/c1-21-10-7-20-16(21)13-22-8-4-18(14-22)5-9-23(17(18)24)12-15-3-2-6-19-11-15/h2-3,6-7,10-11H,4-5,8-9,12-14H2,1H3. The van der Waals surface area contributed by atoms with Crippen molar-refractivity contribution in [2.75, 3.05) is 19.6 Å². The molecule has 2 aliphatic rings. The zero-order valence-electron chi connectivity index (χ0n) is 14.1. The van der Waals surface area contributed by atoms with E-state index in [9.17, 15) is 4.79 Å². The van der Waals surface area contributed by atoms with Gasteiger partial charge in [0.25, 0.3) is 0 Å². The fourth-order valence-corrected chi connectivity index (χ4v) is 3.98. The van der Waals surface area contributed by atoms with Gasteiger partial charge in [0, 0.05) is 51.5 Å². The summed E-state index contributed by atoms with van der Waals surface area (Å²) >= 11 is 0. The number of rotatable bonds is 4. The molecule has 4 heterocycles. The molecule has 0 N–H and O–H groups in total. The van der Waals surface area contributed by atoms with Crippen molar-refractivity contribution >= 4 is 5.91 Å². The van der Waals surface area contributed by atoms with Gasteiger partial charge in [-0.15, -0.1) is 0 Å². The van der Waals surface area contributed by atoms with Crippen molar-refractivity contribution < 1.29 is 4.79 Å². The maximum Gasteiger partial charge on any atom is 0.230 e. The van der Waals surface area contributed by atoms with Gasteiger partial charge in [-0.1, -0.05) is 6.07 Å². The average Bonchev–Trinajstić information content (AvgIpc) is 3.27. The van der Waals surface area contributed by atoms with Crippen molar-refractivity contribution in [3.05, 3.63) is 48.3 Å². The summed E-state index contributed by atoms with van der Waals surface area (Å²) in [6, 6.07) is 3.96. The molecule has 2 aromatic rings. The lowest BCUT2D eigenvalue weighted by Crippen LogP contribution is -2.36. The molecule has 0 radical (unpaired) electrons. The van der Waals surface area contributed by atoms with Gasteiger partial charge in [-0.2, -0.15) is 0 Å². The maximum atomic E-state index is 13.0. The first kappa shape index (κ1) is 15.3. The van der Waals surface area contributed by atoms with Crippen LogP contribution in [0, 0.1) is 5.41 Å². The third-order valence-corrected chi connectivity index (χ3v) is 5.42. The molecule has 1 amide bonds. The number of hydrogen-bond donors (Lipinski definition) is 0. The van der Waals surface area contributed by atoms with Gasteiger partial charge in [0.15, 0.2) is 0 Å². The first-order valence-corrected chi connectivity index (χ1v) is 8.53. The van der Waals surface area contributed by atoms with E-state index in [-0.39, 0.29) is 5.41 Å². The van der Waals surface area contributed by atoms with Crippen LogP contribution in [0.2, 0.25) is 0 Å². The fourth-order valence-electron chi connectivity index (χ4n) is 3.98. The van der Waals surface area contributed by atoms with Gasteiger partial charge in [-0.05, 0) is 31.0 Å². The molecule has 4 rings (SSSR count). The summed E-state index contributed by atoms with van der Waals surface area (Å²) in [6.45, 7) is 4.17. The summed E-state index contributed by atoms with van der Waals surface area (Å²) in [5.41, 5.74) is 0.915. The van der Waals surface area contributed by atoms with E-state index in [1.165, 1.54) is 0 Å². The van der Waals surface area contributed by atoms with Crippen LogP contribution in [0.3, 0.4) is 0 Å². The SMILES string of the molecule is Cn1ccnc1CN1CCC2(CCN(Cc3cccnc3)C2=O)C1. The summed E-state index contributed by atoms with van der Waals surface area (Å²) in [4.78, 5) is 25.9. The Morgan fingerprint density at radius 3 is 2.83 bits per heavy atom. The van der Waals surface area contributed by atoms with Gasteiger partial charge >= 0.3 is 0 Å². The second-order valence-corrected chi connectivity index (χ2v) is 7.03. The highest BCUT2D eigenvalue weighted by molar-refractivity contribution is 5.85. The lowest BCUT2D eigenvalue weighted by Gasteiger charge is -2.23. The number of likely N-dealkylation sites (tertiary alicyclic amines) is 2. The highest BCUT2D eigenvalue weighted by Gasteiger charge is 2.50. The molecule has 0 aromatic carbocycles. The van der Waals surface area contributed by atoms with Crippen LogP contribution >= 0.6 is 0 Å². The lowest BCUT2D eigenvalue weighted by atomic mass is 9.85. The molecule has 0 saturated carbocycles. The Hall–Kier alpha value is -2.21. The molecule has 1 unspecified atom stereocenters. The molecule has 6 heteroatoms. The first-order chi connectivity index (χ1) is 11.7. The number of pyridine rings is 1. The van der Waals surface area contributed by atoms with Gasteiger partial charge in [0.2, 0.25) is 5.91 Å². The fraction of sp³-hybridized carbons (Fsp3) is 0.500. The summed E-state index contributed by atoms with van der Waals surface area (Å²) in [5, 5.41) is 0. The van der Waals surface area contributed by atoms with E-state index in [1.54, 1.807) is 6.20 Å². The smallest absolute Gasteiger partial charge is 0.230 e. The minimum atomic E-state index is -0.187. The molecule has 2 aliphatic heterocycles. The molecule has 2 fully saturated rings. The first-order valence-electron chi connectivity index (χ1n) is 8.53. The number of nitrogens with zero attached hydrogens (tertiary/aromatic N) is 5. The zero-order valence-corrected chi connectivity index (χ0v) is 14.1. The number of amides is 1. The second kappa shape index (κ2) is 6.02. The molecule has 0 bridgehead atoms. The quantitative estimate of drug-likeness (QED) is 0.853. The van der Waals surface area contributed by atoms with E-state index in [0.717, 1.165) is 50.4 Å². The van der Waals surface area contributed by atoms with Gasteiger partial charge in [-0.25, -0.2) is 4.98 Å². The minimum Gasteiger partial charge on any atom is -0.338 e. The number of imidazole rings is 1. The molecule has 6 nitrogen and oxygen atoms in total. The number of carbonyl (C=O) groups is 1. The van der Waals surface area contributed by atoms with E-state index < -0.39 is 0 Å². The van der Waals surface area contributed by atoms with Crippen LogP contribution in [0.25, 0.3) is 0 Å². The number of aromatic nitrogens is 3. The summed E-state index contributed by atoms with van der Waals surface area (Å²) < 4.78 is 2.05. The summed E-state index contributed by atoms with van der Waals surface area (Å²) in [6.07, 6.45) is 9.33. The Morgan fingerprint density at radius 2 is 2.08 bits per heavy atom. The monoisotopic (exact) mass is 325 g/mol. The zero-order chi connectivity index (χ0) is 16.6. The minimum absolute atomic E-state index is 0.187. The summed E-state index contributed by atoms with van der Waals surface area (Å²) in [7, 11) is 2.02. The van der Waals surface area contributed by atoms with Crippen LogP contribution in [0.5, 0.6) is 0 Å². The normalized spacial score (nSPS) is 24.4. The van der Waals surface area contributed by atoms with Crippen molar-refractivity contribution in [3.8, 4) is 0 Å². The Bertz CT molecular complexity index is 728. The third kappa shape index (κ3) is 2.71. The Morgan fingerprint density at radius 1 is 1.21 bits per heavy atom. The Labute approximate surface area is 142 Å². The second-order valence-electron chi connectivity index (χ2n) is 7.03. The van der Waals surface area contributed by atoms with Crippen LogP contribution < -0.4 is 0 Å². The third-order valence-electron chi connectivity index (χ3n) is 5.42. The topological polar surface area (TPSA) is 54.3 Å². The molecule has 2 saturated heterocycles. The molecular weight excluding hydrogens is 302 g/mol. The van der Waals surface area contributed by atoms with E-state index >= 15 is 0 Å². The van der Waals surface area contributed by atoms with Gasteiger partial charge in [0.1, 0.15) is 5.82 Å². The number of hydrogen-bond acceptors (Lipinski definition) is 4. The van der Waals surface area contributed by atoms with E-state index in [0.29, 0.717) is 12.5 Å². The molecule has 1 atom stereocenters. The van der Waals surface area contributed by atoms with Crippen molar-refractivity contribution in [3.63, 3.8) is 0 Å². The van der Waals surface area contributed by atoms with Crippen LogP contribution in [0.1, 0.15) is 24.2 Å². The van der Waals surface area contributed by atoms with E-state index in [2.05, 4.69) is 19.4 Å². The molecule has 0 aliphatic carbocycles. The molecule has 24 heavy (non-hydrogen) atoms. The van der Waals surface area contributed by atoms with Gasteiger partial charge in [0.05, 0.1) is 12.0 Å². The van der Waals surface area contributed by atoms with Crippen molar-refractivity contribution in [1.82, 2.24) is 24.3 Å². The number of aryl methyl sites for hydroxylation is 1. The Kier molecular flexibility index (Phi) is 3.84. The molecule has 126 valence electrons. The predicted molar refractivity (Wildman–Crippen MR) is 89.8 cm³/mol. The van der Waals surface area contributed by atoms with Crippen molar-refractivity contribution in [2.45, 2.75) is 25.9 Å². The van der Waals surface area contributed by atoms with Gasteiger partial charge < -0.3 is 9.47 Å². The van der Waals surface area contributed by atoms with Crippen molar-refractivity contribution in [2.24, 2.45) is 12.5 Å². The largest absolute Gasteiger partial charge is 0.338 e. The summed E-state index contributed by atoms with van der Waals surface area (Å²) in [5.74, 6) is 1.37. The van der Waals surface area contributed by atoms with E-state index in [1.807, 2.05) is 42.7 Å². The van der Waals surface area contributed by atoms with Gasteiger partial charge in [-0.3, -0.25) is 14.7 Å². The molecular formula is C18H23N5O. The molecule has 1 spiro atoms. The lowest BCUT2D eigenvalue weighted by molar-refractivity contribution is -0.136. The maximum absolute atomic E-state index is 13.0. The highest BCUT2D eigenvalue weighted by Crippen LogP contribution is 2.41. The number of carbonyl (C=O) groups excluding carboxylic acids is 1. The molecule has 2 aromatic heterocycles. The Balaban J connectivity index is 1.41. The van der Waals surface area contributed by atoms with E-state index in [4.69, 9.17) is 0 Å². The highest BCUT2D eigenvalue weighted by atomic mass is 16.2. The van der Waals surface area contributed by atoms with Crippen LogP contribution in [0.15, 0.2) is 36.9 Å². The van der Waals surface area contributed by atoms with Crippen LogP contribution in [-0.4, -0.2) is 49.9 Å².